The van der Waals surface area contributed by atoms with Crippen LogP contribution >= 0.6 is 0 Å². The van der Waals surface area contributed by atoms with E-state index in [0.717, 1.165) is 55.5 Å². The van der Waals surface area contributed by atoms with E-state index >= 15 is 0 Å². The number of hydrogen-bond donors (Lipinski definition) is 3. The lowest BCUT2D eigenvalue weighted by atomic mass is 9.80. The molecule has 1 aliphatic carbocycles. The van der Waals surface area contributed by atoms with Crippen LogP contribution in [0.25, 0.3) is 11.4 Å². The van der Waals surface area contributed by atoms with Crippen molar-refractivity contribution in [1.29, 1.82) is 0 Å². The molecular weight excluding hydrogens is 559 g/mol. The first kappa shape index (κ1) is 33.0. The van der Waals surface area contributed by atoms with E-state index in [0.29, 0.717) is 24.4 Å². The highest BCUT2D eigenvalue weighted by Crippen LogP contribution is 2.29. The quantitative estimate of drug-likeness (QED) is 0.268. The molecule has 3 unspecified atom stereocenters. The molecule has 0 radical (unpaired) electrons. The van der Waals surface area contributed by atoms with Crippen LogP contribution < -0.4 is 16.0 Å². The molecule has 0 aliphatic heterocycles. The normalized spacial score (nSPS) is 18.7. The maximum Gasteiger partial charge on any atom is 0.319 e. The van der Waals surface area contributed by atoms with Gasteiger partial charge in [-0.2, -0.15) is 0 Å². The number of urea groups is 1. The van der Waals surface area contributed by atoms with Gasteiger partial charge < -0.3 is 20.9 Å². The van der Waals surface area contributed by atoms with E-state index in [9.17, 15) is 14.0 Å². The van der Waals surface area contributed by atoms with Crippen LogP contribution in [0.5, 0.6) is 0 Å². The molecule has 1 aliphatic rings. The van der Waals surface area contributed by atoms with Crippen LogP contribution in [0.1, 0.15) is 64.5 Å². The first-order chi connectivity index (χ1) is 20.9. The fraction of sp³-hybridized carbons (Fsp3) is 0.545. The lowest BCUT2D eigenvalue weighted by Gasteiger charge is -2.40. The minimum absolute atomic E-state index is 0.0164. The highest BCUT2D eigenvalue weighted by atomic mass is 19.1. The maximum absolute atomic E-state index is 13.4. The zero-order valence-electron chi connectivity index (χ0n) is 26.9. The van der Waals surface area contributed by atoms with Gasteiger partial charge in [0.1, 0.15) is 5.82 Å². The van der Waals surface area contributed by atoms with Gasteiger partial charge in [0.15, 0.2) is 5.82 Å². The minimum atomic E-state index is -0.281. The Kier molecular flexibility index (Phi) is 11.1. The molecular formula is C33H47FN8O2. The van der Waals surface area contributed by atoms with Crippen molar-refractivity contribution in [3.8, 4) is 11.4 Å². The molecule has 3 amide bonds. The van der Waals surface area contributed by atoms with Gasteiger partial charge in [-0.3, -0.25) is 4.79 Å². The summed E-state index contributed by atoms with van der Waals surface area (Å²) in [7, 11) is 3.90. The summed E-state index contributed by atoms with van der Waals surface area (Å²) in [6.07, 6.45) is 4.49. The second-order valence-corrected chi connectivity index (χ2v) is 13.0. The summed E-state index contributed by atoms with van der Waals surface area (Å²) in [6.45, 7) is 10.0. The third-order valence-electron chi connectivity index (χ3n) is 8.37. The van der Waals surface area contributed by atoms with Gasteiger partial charge in [0.2, 0.25) is 5.91 Å². The Labute approximate surface area is 260 Å². The first-order valence-corrected chi connectivity index (χ1v) is 15.6. The molecule has 3 N–H and O–H groups in total. The number of nitrogens with zero attached hydrogens (tertiary/aromatic N) is 5. The van der Waals surface area contributed by atoms with E-state index in [2.05, 4.69) is 64.2 Å². The number of hydrogen-bond acceptors (Lipinski definition) is 6. The number of nitrogens with one attached hydrogen (secondary N) is 3. The number of benzene rings is 2. The highest BCUT2D eigenvalue weighted by Gasteiger charge is 2.34. The molecule has 3 atom stereocenters. The Hall–Kier alpha value is -3.86. The second kappa shape index (κ2) is 14.7. The number of halogens is 1. The zero-order chi connectivity index (χ0) is 31.9. The van der Waals surface area contributed by atoms with Crippen LogP contribution in [0.2, 0.25) is 0 Å². The summed E-state index contributed by atoms with van der Waals surface area (Å²) in [5.41, 5.74) is 3.64. The number of amides is 3. The zero-order valence-corrected chi connectivity index (χ0v) is 26.9. The molecule has 238 valence electrons. The SMILES string of the molecule is CCC(=O)NC1CCC(CN(C)CC(C)(C)Cc2ccc(F)cc2)C(NC(=O)Nc2cc(CC)cc(-c3nnnn3C)c2)C1. The molecule has 1 aromatic heterocycles. The predicted molar refractivity (Wildman–Crippen MR) is 170 cm³/mol. The summed E-state index contributed by atoms with van der Waals surface area (Å²) < 4.78 is 15.0. The number of tetrazole rings is 1. The van der Waals surface area contributed by atoms with Gasteiger partial charge in [0.25, 0.3) is 0 Å². The maximum atomic E-state index is 13.4. The van der Waals surface area contributed by atoms with E-state index < -0.39 is 0 Å². The number of carbonyl (C=O) groups is 2. The van der Waals surface area contributed by atoms with Crippen molar-refractivity contribution in [2.45, 2.75) is 78.3 Å². The fourth-order valence-corrected chi connectivity index (χ4v) is 6.40. The number of aromatic nitrogens is 4. The van der Waals surface area contributed by atoms with Crippen molar-refractivity contribution in [1.82, 2.24) is 35.7 Å². The molecule has 1 saturated carbocycles. The average molecular weight is 607 g/mol. The van der Waals surface area contributed by atoms with Crippen LogP contribution in [0.4, 0.5) is 14.9 Å². The summed E-state index contributed by atoms with van der Waals surface area (Å²) >= 11 is 0. The van der Waals surface area contributed by atoms with Gasteiger partial charge in [0, 0.05) is 49.9 Å². The molecule has 11 heteroatoms. The van der Waals surface area contributed by atoms with Crippen LogP contribution in [0, 0.1) is 17.2 Å². The molecule has 1 heterocycles. The third-order valence-corrected chi connectivity index (χ3v) is 8.37. The molecule has 0 saturated heterocycles. The largest absolute Gasteiger partial charge is 0.353 e. The van der Waals surface area contributed by atoms with E-state index in [1.807, 2.05) is 37.3 Å². The van der Waals surface area contributed by atoms with E-state index in [4.69, 9.17) is 0 Å². The van der Waals surface area contributed by atoms with E-state index in [1.165, 1.54) is 12.1 Å². The molecule has 0 bridgehead atoms. The van der Waals surface area contributed by atoms with Gasteiger partial charge in [-0.15, -0.1) is 5.10 Å². The lowest BCUT2D eigenvalue weighted by molar-refractivity contribution is -0.121. The monoisotopic (exact) mass is 606 g/mol. The summed E-state index contributed by atoms with van der Waals surface area (Å²) in [6, 6.07) is 12.2. The van der Waals surface area contributed by atoms with Gasteiger partial charge in [0.05, 0.1) is 0 Å². The number of aryl methyl sites for hydroxylation is 2. The molecule has 44 heavy (non-hydrogen) atoms. The lowest BCUT2D eigenvalue weighted by Crippen LogP contribution is -2.53. The Bertz CT molecular complexity index is 1410. The van der Waals surface area contributed by atoms with Gasteiger partial charge in [-0.05, 0) is 102 Å². The molecule has 3 aromatic rings. The van der Waals surface area contributed by atoms with E-state index in [-0.39, 0.29) is 41.2 Å². The summed E-state index contributed by atoms with van der Waals surface area (Å²) in [4.78, 5) is 27.9. The van der Waals surface area contributed by atoms with Crippen molar-refractivity contribution in [3.05, 3.63) is 59.4 Å². The standard InChI is InChI=1S/C33H47FN8O2/c1-7-22-15-25(31-38-39-40-42(31)6)17-28(16-22)36-32(44)37-29-18-27(35-30(43)8-2)14-11-24(29)20-41(5)21-33(3,4)19-23-9-12-26(34)13-10-23/h9-10,12-13,15-17,24,27,29H,7-8,11,14,18-21H2,1-6H3,(H,35,43)(H2,36,37,44). The number of rotatable bonds is 12. The smallest absolute Gasteiger partial charge is 0.319 e. The Morgan fingerprint density at radius 2 is 1.82 bits per heavy atom. The van der Waals surface area contributed by atoms with Gasteiger partial charge >= 0.3 is 6.03 Å². The van der Waals surface area contributed by atoms with Crippen molar-refractivity contribution < 1.29 is 14.0 Å². The first-order valence-electron chi connectivity index (χ1n) is 15.6. The Morgan fingerprint density at radius 3 is 2.48 bits per heavy atom. The predicted octanol–water partition coefficient (Wildman–Crippen LogP) is 4.96. The van der Waals surface area contributed by atoms with Crippen molar-refractivity contribution in [2.24, 2.45) is 18.4 Å². The van der Waals surface area contributed by atoms with Crippen molar-refractivity contribution in [2.75, 3.05) is 25.5 Å². The average Bonchev–Trinajstić information content (AvgIpc) is 3.40. The summed E-state index contributed by atoms with van der Waals surface area (Å²) in [5.74, 6) is 0.636. The van der Waals surface area contributed by atoms with Gasteiger partial charge in [-0.1, -0.05) is 39.8 Å². The van der Waals surface area contributed by atoms with Crippen molar-refractivity contribution in [3.63, 3.8) is 0 Å². The van der Waals surface area contributed by atoms with Crippen LogP contribution in [0.15, 0.2) is 42.5 Å². The highest BCUT2D eigenvalue weighted by molar-refractivity contribution is 5.90. The molecule has 10 nitrogen and oxygen atoms in total. The molecule has 2 aromatic carbocycles. The Balaban J connectivity index is 1.44. The number of carbonyl (C=O) groups excluding carboxylic acids is 2. The van der Waals surface area contributed by atoms with Crippen molar-refractivity contribution >= 4 is 17.6 Å². The van der Waals surface area contributed by atoms with E-state index in [1.54, 1.807) is 11.7 Å². The minimum Gasteiger partial charge on any atom is -0.353 e. The van der Waals surface area contributed by atoms with Crippen LogP contribution in [-0.2, 0) is 24.7 Å². The number of anilines is 1. The molecule has 1 fully saturated rings. The fourth-order valence-electron chi connectivity index (χ4n) is 6.40. The van der Waals surface area contributed by atoms with Gasteiger partial charge in [-0.25, -0.2) is 13.9 Å². The summed E-state index contributed by atoms with van der Waals surface area (Å²) in [5, 5.41) is 21.2. The van der Waals surface area contributed by atoms with Crippen LogP contribution in [-0.4, -0.2) is 69.3 Å². The molecule has 0 spiro atoms. The molecule has 4 rings (SSSR count). The third kappa shape index (κ3) is 9.32. The topological polar surface area (TPSA) is 117 Å². The second-order valence-electron chi connectivity index (χ2n) is 13.0. The van der Waals surface area contributed by atoms with Crippen LogP contribution in [0.3, 0.4) is 0 Å². The Morgan fingerprint density at radius 1 is 1.07 bits per heavy atom.